The average Bonchev–Trinajstić information content (AvgIpc) is 2.10. The maximum absolute atomic E-state index is 8.98. The van der Waals surface area contributed by atoms with Crippen LogP contribution in [-0.2, 0) is 4.43 Å². The molecule has 0 aromatic rings. The summed E-state index contributed by atoms with van der Waals surface area (Å²) in [7, 11) is 0.675. The summed E-state index contributed by atoms with van der Waals surface area (Å²) in [6.07, 6.45) is 1.84. The van der Waals surface area contributed by atoms with E-state index in [-0.39, 0.29) is 6.10 Å². The van der Waals surface area contributed by atoms with Crippen molar-refractivity contribution in [2.45, 2.75) is 18.6 Å². The molecule has 4 heteroatoms. The molecule has 2 atom stereocenters. The van der Waals surface area contributed by atoms with E-state index in [9.17, 15) is 0 Å². The van der Waals surface area contributed by atoms with Gasteiger partial charge in [-0.3, -0.25) is 0 Å². The second kappa shape index (κ2) is 2.83. The summed E-state index contributed by atoms with van der Waals surface area (Å²) in [4.78, 5) is 0. The van der Waals surface area contributed by atoms with Gasteiger partial charge in [0.05, 0.1) is 12.2 Å². The molecule has 1 aliphatic carbocycles. The Kier molecular flexibility index (Phi) is 2.29. The molecule has 0 radical (unpaired) electrons. The summed E-state index contributed by atoms with van der Waals surface area (Å²) in [6, 6.07) is 0. The molecule has 0 aromatic carbocycles. The van der Waals surface area contributed by atoms with E-state index in [1.54, 1.807) is 6.08 Å². The summed E-state index contributed by atoms with van der Waals surface area (Å²) in [5.74, 6) is 0. The van der Waals surface area contributed by atoms with Gasteiger partial charge in [-0.2, -0.15) is 0 Å². The van der Waals surface area contributed by atoms with Crippen LogP contribution in [-0.4, -0.2) is 27.8 Å². The van der Waals surface area contributed by atoms with Gasteiger partial charge in [-0.1, -0.05) is 11.6 Å². The van der Waals surface area contributed by atoms with Crippen LogP contribution in [0.4, 0.5) is 0 Å². The molecule has 1 aliphatic rings. The standard InChI is InChI=1S/C5H9ClO2Si/c6-4-1-3(7)2-5(4)8-9/h1,3,5,7H,2H2,9H3. The molecule has 0 aliphatic heterocycles. The number of aliphatic hydroxyl groups excluding tert-OH is 1. The summed E-state index contributed by atoms with van der Waals surface area (Å²) >= 11 is 5.67. The van der Waals surface area contributed by atoms with E-state index in [1.807, 2.05) is 0 Å². The second-order valence-corrected chi connectivity index (χ2v) is 2.99. The number of halogens is 1. The zero-order valence-electron chi connectivity index (χ0n) is 5.17. The first-order valence-corrected chi connectivity index (χ1v) is 4.01. The summed E-state index contributed by atoms with van der Waals surface area (Å²) in [6.45, 7) is 0. The van der Waals surface area contributed by atoms with E-state index in [0.717, 1.165) is 0 Å². The van der Waals surface area contributed by atoms with Gasteiger partial charge >= 0.3 is 0 Å². The summed E-state index contributed by atoms with van der Waals surface area (Å²) < 4.78 is 5.07. The zero-order valence-corrected chi connectivity index (χ0v) is 7.93. The maximum Gasteiger partial charge on any atom is 0.146 e. The van der Waals surface area contributed by atoms with Crippen LogP contribution >= 0.6 is 11.6 Å². The minimum absolute atomic E-state index is 0.0201. The molecule has 1 N–H and O–H groups in total. The van der Waals surface area contributed by atoms with Gasteiger partial charge in [-0.05, 0) is 6.08 Å². The third-order valence-corrected chi connectivity index (χ3v) is 2.34. The molecule has 0 aromatic heterocycles. The van der Waals surface area contributed by atoms with Crippen molar-refractivity contribution in [1.29, 1.82) is 0 Å². The van der Waals surface area contributed by atoms with Crippen LogP contribution in [0, 0.1) is 0 Å². The Morgan fingerprint density at radius 2 is 2.56 bits per heavy atom. The second-order valence-electron chi connectivity index (χ2n) is 2.08. The van der Waals surface area contributed by atoms with Crippen molar-refractivity contribution >= 4 is 22.1 Å². The van der Waals surface area contributed by atoms with E-state index >= 15 is 0 Å². The molecule has 2 nitrogen and oxygen atoms in total. The van der Waals surface area contributed by atoms with Gasteiger partial charge < -0.3 is 9.53 Å². The van der Waals surface area contributed by atoms with Crippen LogP contribution < -0.4 is 0 Å². The van der Waals surface area contributed by atoms with Crippen molar-refractivity contribution in [3.63, 3.8) is 0 Å². The topological polar surface area (TPSA) is 29.5 Å². The Morgan fingerprint density at radius 1 is 1.89 bits per heavy atom. The van der Waals surface area contributed by atoms with Crippen LogP contribution in [0.25, 0.3) is 0 Å². The van der Waals surface area contributed by atoms with E-state index < -0.39 is 6.10 Å². The normalized spacial score (nSPS) is 35.1. The van der Waals surface area contributed by atoms with Gasteiger partial charge in [0.1, 0.15) is 10.5 Å². The average molecular weight is 165 g/mol. The predicted octanol–water partition coefficient (Wildman–Crippen LogP) is -0.461. The molecule has 52 valence electrons. The highest BCUT2D eigenvalue weighted by atomic mass is 35.5. The minimum atomic E-state index is -0.392. The molecule has 0 bridgehead atoms. The van der Waals surface area contributed by atoms with Gasteiger partial charge in [0.15, 0.2) is 0 Å². The van der Waals surface area contributed by atoms with Gasteiger partial charge in [0.2, 0.25) is 0 Å². The minimum Gasteiger partial charge on any atom is -0.420 e. The van der Waals surface area contributed by atoms with E-state index in [4.69, 9.17) is 21.1 Å². The molecule has 0 amide bonds. The van der Waals surface area contributed by atoms with Gasteiger partial charge in [0.25, 0.3) is 0 Å². The van der Waals surface area contributed by atoms with Crippen molar-refractivity contribution in [2.75, 3.05) is 0 Å². The van der Waals surface area contributed by atoms with Crippen molar-refractivity contribution in [1.82, 2.24) is 0 Å². The van der Waals surface area contributed by atoms with Crippen molar-refractivity contribution in [2.24, 2.45) is 0 Å². The molecule has 9 heavy (non-hydrogen) atoms. The largest absolute Gasteiger partial charge is 0.420 e. The number of hydrogen-bond donors (Lipinski definition) is 1. The SMILES string of the molecule is OC1C=C(Cl)C(O[SiH3])C1. The van der Waals surface area contributed by atoms with E-state index in [0.29, 0.717) is 21.9 Å². The molecule has 0 saturated heterocycles. The zero-order chi connectivity index (χ0) is 6.85. The molecule has 0 heterocycles. The molecular weight excluding hydrogens is 156 g/mol. The lowest BCUT2D eigenvalue weighted by atomic mass is 10.3. The summed E-state index contributed by atoms with van der Waals surface area (Å²) in [5.41, 5.74) is 0. The van der Waals surface area contributed by atoms with Crippen molar-refractivity contribution in [3.05, 3.63) is 11.1 Å². The smallest absolute Gasteiger partial charge is 0.146 e. The van der Waals surface area contributed by atoms with Crippen molar-refractivity contribution < 1.29 is 9.53 Å². The molecule has 2 unspecified atom stereocenters. The van der Waals surface area contributed by atoms with Crippen LogP contribution in [0.15, 0.2) is 11.1 Å². The fraction of sp³-hybridized carbons (Fsp3) is 0.600. The molecule has 1 rings (SSSR count). The number of aliphatic hydroxyl groups is 1. The third-order valence-electron chi connectivity index (χ3n) is 1.40. The van der Waals surface area contributed by atoms with Gasteiger partial charge in [-0.25, -0.2) is 0 Å². The Hall–Kier alpha value is 0.167. The highest BCUT2D eigenvalue weighted by molar-refractivity contribution is 6.30. The number of rotatable bonds is 1. The van der Waals surface area contributed by atoms with E-state index in [2.05, 4.69) is 0 Å². The van der Waals surface area contributed by atoms with E-state index in [1.165, 1.54) is 0 Å². The Bertz CT molecular complexity index is 137. The van der Waals surface area contributed by atoms with Crippen LogP contribution in [0.1, 0.15) is 6.42 Å². The Morgan fingerprint density at radius 3 is 2.78 bits per heavy atom. The van der Waals surface area contributed by atoms with Crippen LogP contribution in [0.2, 0.25) is 0 Å². The van der Waals surface area contributed by atoms with Crippen LogP contribution in [0.5, 0.6) is 0 Å². The Labute approximate surface area is 62.0 Å². The quantitative estimate of drug-likeness (QED) is 0.532. The maximum atomic E-state index is 8.98. The molecular formula is C5H9ClO2Si. The lowest BCUT2D eigenvalue weighted by molar-refractivity contribution is 0.171. The highest BCUT2D eigenvalue weighted by Gasteiger charge is 2.22. The first-order chi connectivity index (χ1) is 4.24. The van der Waals surface area contributed by atoms with Crippen molar-refractivity contribution in [3.8, 4) is 0 Å². The first kappa shape index (κ1) is 7.28. The first-order valence-electron chi connectivity index (χ1n) is 2.82. The lowest BCUT2D eigenvalue weighted by Gasteiger charge is -2.07. The van der Waals surface area contributed by atoms with Gasteiger partial charge in [0, 0.05) is 11.5 Å². The third kappa shape index (κ3) is 1.55. The molecule has 0 spiro atoms. The predicted molar refractivity (Wildman–Crippen MR) is 39.4 cm³/mol. The summed E-state index contributed by atoms with van der Waals surface area (Å²) in [5, 5.41) is 9.63. The molecule has 0 saturated carbocycles. The van der Waals surface area contributed by atoms with Crippen LogP contribution in [0.3, 0.4) is 0 Å². The fourth-order valence-electron chi connectivity index (χ4n) is 0.900. The fourth-order valence-corrected chi connectivity index (χ4v) is 1.82. The monoisotopic (exact) mass is 164 g/mol. The molecule has 0 fully saturated rings. The lowest BCUT2D eigenvalue weighted by Crippen LogP contribution is -2.10. The van der Waals surface area contributed by atoms with Gasteiger partial charge in [-0.15, -0.1) is 0 Å². The number of hydrogen-bond acceptors (Lipinski definition) is 2. The Balaban J connectivity index is 2.53. The highest BCUT2D eigenvalue weighted by Crippen LogP contribution is 2.24.